The molecule has 2 heterocycles. The molecule has 0 radical (unpaired) electrons. The SMILES string of the molecule is COc1ccc(C=c2sc3n(c2=O)C(c2cccc4ccccc24)C2=C(CCCC2=O)N=3)cc1. The molecule has 2 aliphatic rings. The lowest BCUT2D eigenvalue weighted by Gasteiger charge is -2.29. The van der Waals surface area contributed by atoms with Gasteiger partial charge in [0.15, 0.2) is 10.6 Å². The van der Waals surface area contributed by atoms with Crippen LogP contribution in [0.2, 0.25) is 0 Å². The van der Waals surface area contributed by atoms with E-state index in [1.165, 1.54) is 11.3 Å². The maximum Gasteiger partial charge on any atom is 0.271 e. The Morgan fingerprint density at radius 3 is 2.62 bits per heavy atom. The van der Waals surface area contributed by atoms with Gasteiger partial charge in [-0.1, -0.05) is 65.9 Å². The van der Waals surface area contributed by atoms with E-state index in [9.17, 15) is 9.59 Å². The Hall–Kier alpha value is -3.77. The monoisotopic (exact) mass is 466 g/mol. The van der Waals surface area contributed by atoms with Crippen molar-refractivity contribution in [3.05, 3.63) is 109 Å². The van der Waals surface area contributed by atoms with Crippen LogP contribution in [0, 0.1) is 0 Å². The minimum atomic E-state index is -0.469. The van der Waals surface area contributed by atoms with E-state index >= 15 is 0 Å². The molecular weight excluding hydrogens is 444 g/mol. The molecule has 0 amide bonds. The van der Waals surface area contributed by atoms with Crippen LogP contribution >= 0.6 is 11.3 Å². The van der Waals surface area contributed by atoms with Crippen molar-refractivity contribution in [2.45, 2.75) is 25.3 Å². The van der Waals surface area contributed by atoms with Crippen LogP contribution in [-0.2, 0) is 4.79 Å². The van der Waals surface area contributed by atoms with Crippen LogP contribution in [0.5, 0.6) is 5.75 Å². The van der Waals surface area contributed by atoms with E-state index in [0.717, 1.165) is 46.2 Å². The lowest BCUT2D eigenvalue weighted by molar-refractivity contribution is -0.116. The number of allylic oxidation sites excluding steroid dienone is 2. The molecule has 0 bridgehead atoms. The zero-order valence-electron chi connectivity index (χ0n) is 18.7. The molecule has 1 unspecified atom stereocenters. The third-order valence-electron chi connectivity index (χ3n) is 6.56. The molecule has 1 aromatic heterocycles. The van der Waals surface area contributed by atoms with Crippen molar-refractivity contribution >= 4 is 34.0 Å². The Kier molecular flexibility index (Phi) is 5.03. The average molecular weight is 467 g/mol. The molecule has 0 spiro atoms. The van der Waals surface area contributed by atoms with E-state index in [1.807, 2.05) is 54.6 Å². The predicted molar refractivity (Wildman–Crippen MR) is 134 cm³/mol. The lowest BCUT2D eigenvalue weighted by atomic mass is 9.84. The van der Waals surface area contributed by atoms with E-state index < -0.39 is 6.04 Å². The number of nitrogens with zero attached hydrogens (tertiary/aromatic N) is 2. The van der Waals surface area contributed by atoms with E-state index in [1.54, 1.807) is 11.7 Å². The zero-order chi connectivity index (χ0) is 23.2. The second-order valence-electron chi connectivity index (χ2n) is 8.56. The van der Waals surface area contributed by atoms with Gasteiger partial charge in [0.05, 0.1) is 23.4 Å². The number of ether oxygens (including phenoxy) is 1. The maximum atomic E-state index is 13.8. The molecule has 0 saturated carbocycles. The number of Topliss-reactive ketones (excluding diaryl/α,β-unsaturated/α-hetero) is 1. The van der Waals surface area contributed by atoms with Crippen molar-refractivity contribution < 1.29 is 9.53 Å². The molecule has 34 heavy (non-hydrogen) atoms. The van der Waals surface area contributed by atoms with Gasteiger partial charge in [-0.05, 0) is 52.9 Å². The number of rotatable bonds is 3. The third-order valence-corrected chi connectivity index (χ3v) is 7.54. The summed E-state index contributed by atoms with van der Waals surface area (Å²) in [5, 5.41) is 2.13. The number of methoxy groups -OCH3 is 1. The summed E-state index contributed by atoms with van der Waals surface area (Å²) < 4.78 is 7.57. The summed E-state index contributed by atoms with van der Waals surface area (Å²) in [7, 11) is 1.63. The highest BCUT2D eigenvalue weighted by atomic mass is 32.1. The van der Waals surface area contributed by atoms with Crippen LogP contribution in [0.4, 0.5) is 0 Å². The van der Waals surface area contributed by atoms with Gasteiger partial charge < -0.3 is 4.74 Å². The van der Waals surface area contributed by atoms with Gasteiger partial charge in [-0.25, -0.2) is 4.99 Å². The minimum absolute atomic E-state index is 0.0902. The van der Waals surface area contributed by atoms with Crippen molar-refractivity contribution in [3.8, 4) is 5.75 Å². The minimum Gasteiger partial charge on any atom is -0.497 e. The first-order chi connectivity index (χ1) is 16.6. The Labute approximate surface area is 200 Å². The summed E-state index contributed by atoms with van der Waals surface area (Å²) in [6.07, 6.45) is 3.93. The second-order valence-corrected chi connectivity index (χ2v) is 9.57. The molecule has 1 aliphatic carbocycles. The molecule has 168 valence electrons. The Bertz CT molecular complexity index is 1650. The second kappa shape index (κ2) is 8.22. The van der Waals surface area contributed by atoms with Crippen LogP contribution < -0.4 is 19.6 Å². The van der Waals surface area contributed by atoms with Crippen LogP contribution in [0.3, 0.4) is 0 Å². The zero-order valence-corrected chi connectivity index (χ0v) is 19.5. The normalized spacial score (nSPS) is 18.0. The maximum absolute atomic E-state index is 13.8. The molecule has 1 aliphatic heterocycles. The van der Waals surface area contributed by atoms with Gasteiger partial charge in [-0.2, -0.15) is 0 Å². The van der Waals surface area contributed by atoms with Gasteiger partial charge in [0, 0.05) is 12.0 Å². The standard InChI is InChI=1S/C28H22N2O3S/c1-33-19-14-12-17(13-15-19)16-24-27(32)30-26(21-9-4-7-18-6-2-3-8-20(18)21)25-22(29-28(30)34-24)10-5-11-23(25)31/h2-4,6-9,12-16,26H,5,10-11H2,1H3. The number of benzene rings is 3. The van der Waals surface area contributed by atoms with E-state index in [4.69, 9.17) is 9.73 Å². The molecule has 0 fully saturated rings. The lowest BCUT2D eigenvalue weighted by Crippen LogP contribution is -2.40. The van der Waals surface area contributed by atoms with Gasteiger partial charge in [-0.3, -0.25) is 14.2 Å². The Morgan fingerprint density at radius 2 is 1.79 bits per heavy atom. The first kappa shape index (κ1) is 20.8. The van der Waals surface area contributed by atoms with Crippen LogP contribution in [0.15, 0.2) is 87.8 Å². The van der Waals surface area contributed by atoms with Gasteiger partial charge in [0.1, 0.15) is 5.75 Å². The van der Waals surface area contributed by atoms with Crippen molar-refractivity contribution in [3.63, 3.8) is 0 Å². The first-order valence-electron chi connectivity index (χ1n) is 11.3. The van der Waals surface area contributed by atoms with Gasteiger partial charge in [-0.15, -0.1) is 0 Å². The fourth-order valence-electron chi connectivity index (χ4n) is 4.94. The van der Waals surface area contributed by atoms with E-state index in [-0.39, 0.29) is 11.3 Å². The quantitative estimate of drug-likeness (QED) is 0.456. The van der Waals surface area contributed by atoms with Gasteiger partial charge in [0.25, 0.3) is 5.56 Å². The fourth-order valence-corrected chi connectivity index (χ4v) is 5.96. The summed E-state index contributed by atoms with van der Waals surface area (Å²) >= 11 is 1.38. The number of carbonyl (C=O) groups is 1. The van der Waals surface area contributed by atoms with Gasteiger partial charge in [0.2, 0.25) is 0 Å². The molecule has 0 N–H and O–H groups in total. The first-order valence-corrected chi connectivity index (χ1v) is 12.2. The third kappa shape index (κ3) is 3.33. The average Bonchev–Trinajstić information content (AvgIpc) is 3.17. The molecule has 4 aromatic rings. The number of carbonyl (C=O) groups excluding carboxylic acids is 1. The van der Waals surface area contributed by atoms with Crippen LogP contribution in [0.1, 0.15) is 36.4 Å². The smallest absolute Gasteiger partial charge is 0.271 e. The molecule has 0 saturated heterocycles. The highest BCUT2D eigenvalue weighted by molar-refractivity contribution is 7.07. The summed E-state index contributed by atoms with van der Waals surface area (Å²) in [6.45, 7) is 0. The Balaban J connectivity index is 1.62. The van der Waals surface area contributed by atoms with E-state index in [2.05, 4.69) is 18.2 Å². The number of hydrogen-bond donors (Lipinski definition) is 0. The van der Waals surface area contributed by atoms with Crippen molar-refractivity contribution in [2.24, 2.45) is 4.99 Å². The molecule has 6 heteroatoms. The van der Waals surface area contributed by atoms with Crippen molar-refractivity contribution in [1.82, 2.24) is 4.57 Å². The number of thiazole rings is 1. The number of aromatic nitrogens is 1. The fraction of sp³-hybridized carbons (Fsp3) is 0.179. The summed E-state index contributed by atoms with van der Waals surface area (Å²) in [4.78, 5) is 32.4. The summed E-state index contributed by atoms with van der Waals surface area (Å²) in [5.41, 5.74) is 3.25. The summed E-state index contributed by atoms with van der Waals surface area (Å²) in [5.74, 6) is 0.855. The molecule has 6 rings (SSSR count). The van der Waals surface area contributed by atoms with Crippen molar-refractivity contribution in [2.75, 3.05) is 7.11 Å². The predicted octanol–water partition coefficient (Wildman–Crippen LogP) is 4.13. The van der Waals surface area contributed by atoms with E-state index in [0.29, 0.717) is 21.3 Å². The molecule has 5 nitrogen and oxygen atoms in total. The largest absolute Gasteiger partial charge is 0.497 e. The highest BCUT2D eigenvalue weighted by Crippen LogP contribution is 2.38. The molecular formula is C28H22N2O3S. The highest BCUT2D eigenvalue weighted by Gasteiger charge is 2.35. The van der Waals surface area contributed by atoms with Crippen LogP contribution in [-0.4, -0.2) is 17.5 Å². The number of hydrogen-bond acceptors (Lipinski definition) is 5. The van der Waals surface area contributed by atoms with Crippen LogP contribution in [0.25, 0.3) is 16.8 Å². The van der Waals surface area contributed by atoms with Crippen molar-refractivity contribution in [1.29, 1.82) is 0 Å². The Morgan fingerprint density at radius 1 is 1.00 bits per heavy atom. The number of fused-ring (bicyclic) bond motifs is 2. The number of ketones is 1. The molecule has 1 atom stereocenters. The topological polar surface area (TPSA) is 60.7 Å². The molecule has 3 aromatic carbocycles. The summed E-state index contributed by atoms with van der Waals surface area (Å²) in [6, 6.07) is 21.3. The van der Waals surface area contributed by atoms with Gasteiger partial charge >= 0.3 is 0 Å².